The summed E-state index contributed by atoms with van der Waals surface area (Å²) in [6, 6.07) is 13.6. The maximum atomic E-state index is 5.72. The molecule has 1 fully saturated rings. The van der Waals surface area contributed by atoms with Gasteiger partial charge in [-0.2, -0.15) is 0 Å². The lowest BCUT2D eigenvalue weighted by Crippen LogP contribution is -2.51. The van der Waals surface area contributed by atoms with Crippen molar-refractivity contribution in [3.63, 3.8) is 0 Å². The molecule has 3 nitrogen and oxygen atoms in total. The molecule has 2 atom stereocenters. The Hall–Kier alpha value is -1.84. The van der Waals surface area contributed by atoms with E-state index in [1.165, 1.54) is 21.9 Å². The summed E-state index contributed by atoms with van der Waals surface area (Å²) >= 11 is 0. The molecular weight excluding hydrogens is 274 g/mol. The fourth-order valence-corrected chi connectivity index (χ4v) is 3.69. The third-order valence-electron chi connectivity index (χ3n) is 4.98. The van der Waals surface area contributed by atoms with Gasteiger partial charge >= 0.3 is 0 Å². The van der Waals surface area contributed by atoms with Crippen molar-refractivity contribution in [2.45, 2.75) is 18.5 Å². The van der Waals surface area contributed by atoms with Gasteiger partial charge in [-0.15, -0.1) is 0 Å². The second kappa shape index (κ2) is 5.41. The number of nitrogens with zero attached hydrogens (tertiary/aromatic N) is 1. The zero-order valence-corrected chi connectivity index (χ0v) is 13.1. The van der Waals surface area contributed by atoms with Gasteiger partial charge in [-0.3, -0.25) is 4.90 Å². The molecule has 2 unspecified atom stereocenters. The van der Waals surface area contributed by atoms with E-state index in [1.807, 2.05) is 0 Å². The Balaban J connectivity index is 1.90. The van der Waals surface area contributed by atoms with Gasteiger partial charge in [-0.1, -0.05) is 36.4 Å². The summed E-state index contributed by atoms with van der Waals surface area (Å²) in [5, 5.41) is 2.54. The predicted molar refractivity (Wildman–Crippen MR) is 89.3 cm³/mol. The molecule has 0 aliphatic carbocycles. The van der Waals surface area contributed by atoms with Crippen LogP contribution in [-0.2, 0) is 4.74 Å². The van der Waals surface area contributed by atoms with Crippen LogP contribution in [0.25, 0.3) is 16.3 Å². The average Bonchev–Trinajstić information content (AvgIpc) is 2.53. The molecule has 0 N–H and O–H groups in total. The van der Waals surface area contributed by atoms with Crippen LogP contribution in [0.2, 0.25) is 0 Å². The van der Waals surface area contributed by atoms with Gasteiger partial charge in [0.2, 0.25) is 0 Å². The number of morpholine rings is 1. The lowest BCUT2D eigenvalue weighted by atomic mass is 9.87. The fourth-order valence-electron chi connectivity index (χ4n) is 3.69. The third kappa shape index (κ3) is 2.13. The van der Waals surface area contributed by atoms with E-state index in [-0.39, 0.29) is 0 Å². The first-order valence-corrected chi connectivity index (χ1v) is 7.84. The molecule has 2 aromatic carbocycles. The first-order chi connectivity index (χ1) is 10.8. The molecule has 0 radical (unpaired) electrons. The number of hydrogen-bond acceptors (Lipinski definition) is 3. The zero-order chi connectivity index (χ0) is 15.1. The molecule has 0 aromatic heterocycles. The van der Waals surface area contributed by atoms with Gasteiger partial charge in [0.25, 0.3) is 0 Å². The zero-order valence-electron chi connectivity index (χ0n) is 13.1. The topological polar surface area (TPSA) is 21.7 Å². The Bertz CT molecular complexity index is 737. The highest BCUT2D eigenvalue weighted by molar-refractivity contribution is 5.97. The maximum absolute atomic E-state index is 5.72. The van der Waals surface area contributed by atoms with E-state index < -0.39 is 0 Å². The van der Waals surface area contributed by atoms with E-state index in [2.05, 4.69) is 54.4 Å². The number of likely N-dealkylation sites (N-methyl/N-ethyl adjacent to an activating group) is 1. The van der Waals surface area contributed by atoms with E-state index in [0.29, 0.717) is 12.1 Å². The van der Waals surface area contributed by atoms with Crippen molar-refractivity contribution in [2.24, 2.45) is 0 Å². The quantitative estimate of drug-likeness (QED) is 0.848. The van der Waals surface area contributed by atoms with Crippen molar-refractivity contribution in [3.05, 3.63) is 48.0 Å². The molecule has 22 heavy (non-hydrogen) atoms. The van der Waals surface area contributed by atoms with Gasteiger partial charge in [-0.25, -0.2) is 0 Å². The van der Waals surface area contributed by atoms with Crippen molar-refractivity contribution in [3.8, 4) is 5.75 Å². The molecule has 2 bridgehead atoms. The molecule has 2 aliphatic heterocycles. The summed E-state index contributed by atoms with van der Waals surface area (Å²) < 4.78 is 11.4. The minimum absolute atomic E-state index is 0.367. The molecule has 2 heterocycles. The Kier molecular flexibility index (Phi) is 3.40. The smallest absolute Gasteiger partial charge is 0.126 e. The molecule has 114 valence electrons. The van der Waals surface area contributed by atoms with Crippen LogP contribution >= 0.6 is 0 Å². The molecule has 3 heteroatoms. The van der Waals surface area contributed by atoms with Gasteiger partial charge in [0.05, 0.1) is 26.4 Å². The highest BCUT2D eigenvalue weighted by atomic mass is 16.5. The van der Waals surface area contributed by atoms with Gasteiger partial charge in [-0.05, 0) is 35.9 Å². The Morgan fingerprint density at radius 1 is 1.14 bits per heavy atom. The van der Waals surface area contributed by atoms with Crippen molar-refractivity contribution in [1.29, 1.82) is 0 Å². The molecule has 1 saturated heterocycles. The largest absolute Gasteiger partial charge is 0.496 e. The highest BCUT2D eigenvalue weighted by Crippen LogP contribution is 2.39. The summed E-state index contributed by atoms with van der Waals surface area (Å²) in [5.41, 5.74) is 2.65. The Labute approximate surface area is 131 Å². The maximum Gasteiger partial charge on any atom is 0.126 e. The highest BCUT2D eigenvalue weighted by Gasteiger charge is 2.33. The predicted octanol–water partition coefficient (Wildman–Crippen LogP) is 3.33. The molecule has 0 spiro atoms. The van der Waals surface area contributed by atoms with Crippen LogP contribution in [0.3, 0.4) is 0 Å². The lowest BCUT2D eigenvalue weighted by Gasteiger charge is -2.42. The monoisotopic (exact) mass is 295 g/mol. The van der Waals surface area contributed by atoms with E-state index in [1.54, 1.807) is 7.11 Å². The van der Waals surface area contributed by atoms with Gasteiger partial charge in [0.1, 0.15) is 5.75 Å². The number of hydrogen-bond donors (Lipinski definition) is 0. The lowest BCUT2D eigenvalue weighted by molar-refractivity contribution is -0.0221. The normalized spacial score (nSPS) is 25.1. The second-order valence-corrected chi connectivity index (χ2v) is 6.18. The van der Waals surface area contributed by atoms with E-state index in [9.17, 15) is 0 Å². The molecule has 0 saturated carbocycles. The number of methoxy groups -OCH3 is 1. The van der Waals surface area contributed by atoms with Crippen LogP contribution in [0.1, 0.15) is 12.0 Å². The van der Waals surface area contributed by atoms with Crippen molar-refractivity contribution in [1.82, 2.24) is 4.90 Å². The first-order valence-electron chi connectivity index (χ1n) is 7.84. The van der Waals surface area contributed by atoms with Gasteiger partial charge in [0, 0.05) is 11.6 Å². The summed E-state index contributed by atoms with van der Waals surface area (Å²) in [6.45, 7) is 1.60. The molecule has 4 rings (SSSR count). The molecule has 2 aliphatic rings. The molecule has 2 aromatic rings. The molecular formula is C19H21NO2. The van der Waals surface area contributed by atoms with Crippen LogP contribution in [0.5, 0.6) is 5.75 Å². The van der Waals surface area contributed by atoms with Gasteiger partial charge < -0.3 is 9.47 Å². The van der Waals surface area contributed by atoms with Crippen LogP contribution in [0.4, 0.5) is 0 Å². The Morgan fingerprint density at radius 2 is 2.00 bits per heavy atom. The minimum atomic E-state index is 0.367. The summed E-state index contributed by atoms with van der Waals surface area (Å²) in [5.74, 6) is 0.966. The van der Waals surface area contributed by atoms with E-state index in [0.717, 1.165) is 25.4 Å². The van der Waals surface area contributed by atoms with Crippen LogP contribution in [0, 0.1) is 0 Å². The second-order valence-electron chi connectivity index (χ2n) is 6.18. The van der Waals surface area contributed by atoms with Crippen molar-refractivity contribution in [2.75, 3.05) is 27.4 Å². The minimum Gasteiger partial charge on any atom is -0.496 e. The SMILES string of the molecule is COc1ccc2ccccc2c1C1=CC2COCC(C1)N2C. The van der Waals surface area contributed by atoms with Crippen LogP contribution < -0.4 is 4.74 Å². The van der Waals surface area contributed by atoms with Crippen molar-refractivity contribution >= 4 is 16.3 Å². The summed E-state index contributed by atoms with van der Waals surface area (Å²) in [4.78, 5) is 2.44. The summed E-state index contributed by atoms with van der Waals surface area (Å²) in [6.07, 6.45) is 3.37. The average molecular weight is 295 g/mol. The number of benzene rings is 2. The number of fused-ring (bicyclic) bond motifs is 3. The standard InChI is InChI=1S/C19H21NO2/c1-20-15-9-14(10-16(20)12-22-11-15)19-17-6-4-3-5-13(17)7-8-18(19)21-2/h3-9,15-16H,10-12H2,1-2H3. The third-order valence-corrected chi connectivity index (χ3v) is 4.98. The summed E-state index contributed by atoms with van der Waals surface area (Å²) in [7, 11) is 3.96. The fraction of sp³-hybridized carbons (Fsp3) is 0.368. The Morgan fingerprint density at radius 3 is 2.82 bits per heavy atom. The number of rotatable bonds is 2. The first kappa shape index (κ1) is 13.8. The van der Waals surface area contributed by atoms with Crippen LogP contribution in [0.15, 0.2) is 42.5 Å². The number of ether oxygens (including phenoxy) is 2. The van der Waals surface area contributed by atoms with E-state index in [4.69, 9.17) is 9.47 Å². The molecule has 0 amide bonds. The van der Waals surface area contributed by atoms with E-state index >= 15 is 0 Å². The van der Waals surface area contributed by atoms with Gasteiger partial charge in [0.15, 0.2) is 0 Å². The van der Waals surface area contributed by atoms with Crippen molar-refractivity contribution < 1.29 is 9.47 Å². The van der Waals surface area contributed by atoms with Crippen LogP contribution in [-0.4, -0.2) is 44.4 Å².